The second-order valence-corrected chi connectivity index (χ2v) is 11.2. The summed E-state index contributed by atoms with van der Waals surface area (Å²) >= 11 is 7.57. The number of rotatable bonds is 11. The molecule has 1 aliphatic rings. The molecule has 10 nitrogen and oxygen atoms in total. The van der Waals surface area contributed by atoms with E-state index in [2.05, 4.69) is 20.2 Å². The molecule has 208 valence electrons. The summed E-state index contributed by atoms with van der Waals surface area (Å²) in [4.78, 5) is 40.4. The van der Waals surface area contributed by atoms with Crippen LogP contribution in [-0.2, 0) is 11.3 Å². The molecule has 0 bridgehead atoms. The van der Waals surface area contributed by atoms with Crippen molar-refractivity contribution in [2.75, 3.05) is 29.4 Å². The maximum atomic E-state index is 13.0. The van der Waals surface area contributed by atoms with E-state index < -0.39 is 5.97 Å². The van der Waals surface area contributed by atoms with E-state index in [9.17, 15) is 9.59 Å². The Morgan fingerprint density at radius 1 is 1.28 bits per heavy atom. The Morgan fingerprint density at radius 2 is 2.03 bits per heavy atom. The number of aliphatic carboxylic acids is 1. The number of para-hydroxylation sites is 1. The first kappa shape index (κ1) is 28.9. The Kier molecular flexibility index (Phi) is 9.84. The number of amides is 1. The van der Waals surface area contributed by atoms with Gasteiger partial charge in [-0.05, 0) is 63.9 Å². The molecule has 1 fully saturated rings. The number of nitrogens with zero attached hydrogens (tertiary/aromatic N) is 5. The van der Waals surface area contributed by atoms with Crippen molar-refractivity contribution < 1.29 is 14.7 Å². The van der Waals surface area contributed by atoms with Gasteiger partial charge in [0.05, 0.1) is 17.8 Å². The predicted octanol–water partition coefficient (Wildman–Crippen LogP) is 4.92. The minimum atomic E-state index is -0.730. The third-order valence-corrected chi connectivity index (χ3v) is 8.19. The summed E-state index contributed by atoms with van der Waals surface area (Å²) < 4.78 is 1.07. The van der Waals surface area contributed by atoms with Crippen molar-refractivity contribution in [1.29, 1.82) is 0 Å². The van der Waals surface area contributed by atoms with Crippen LogP contribution in [0.25, 0.3) is 0 Å². The lowest BCUT2D eigenvalue weighted by molar-refractivity contribution is -0.141. The van der Waals surface area contributed by atoms with Gasteiger partial charge in [-0.15, -0.1) is 0 Å². The molecule has 3 heterocycles. The Morgan fingerprint density at radius 3 is 2.74 bits per heavy atom. The summed E-state index contributed by atoms with van der Waals surface area (Å²) in [6, 6.07) is 9.19. The first-order chi connectivity index (χ1) is 18.7. The number of aromatic nitrogens is 3. The molecule has 1 aliphatic heterocycles. The fourth-order valence-corrected chi connectivity index (χ4v) is 5.74. The van der Waals surface area contributed by atoms with Crippen LogP contribution in [0.2, 0.25) is 0 Å². The number of hydrogen-bond acceptors (Lipinski definition) is 9. The Labute approximate surface area is 237 Å². The molecule has 4 N–H and O–H groups in total. The summed E-state index contributed by atoms with van der Waals surface area (Å²) in [7, 11) is 0. The number of aryl methyl sites for hydroxylation is 1. The monoisotopic (exact) mass is 571 g/mol. The quantitative estimate of drug-likeness (QED) is 0.274. The average Bonchev–Trinajstić information content (AvgIpc) is 3.40. The van der Waals surface area contributed by atoms with Gasteiger partial charge in [0.2, 0.25) is 0 Å². The van der Waals surface area contributed by atoms with Crippen LogP contribution in [0.3, 0.4) is 0 Å². The van der Waals surface area contributed by atoms with Crippen LogP contribution in [-0.4, -0.2) is 56.5 Å². The van der Waals surface area contributed by atoms with Gasteiger partial charge in [0.25, 0.3) is 5.91 Å². The first-order valence-corrected chi connectivity index (χ1v) is 14.2. The van der Waals surface area contributed by atoms with Crippen LogP contribution >= 0.6 is 23.1 Å². The standard InChI is InChI=1S/C27H34ClN7O3S/c1-17(26(37)38)6-5-11-34-12-9-19(10-13-34)21-14-24(32-18(2)31-21)33-27-30-16-23(39-27)25(36)35(28)22-8-4-3-7-20(22)15-29/h3-4,7-8,14,16-17,19H,5-6,9-13,15,29H2,1-2H3,(H,37,38)(H,30,31,32,33). The van der Waals surface area contributed by atoms with E-state index in [1.54, 1.807) is 19.1 Å². The lowest BCUT2D eigenvalue weighted by atomic mass is 9.93. The van der Waals surface area contributed by atoms with E-state index in [1.807, 2.05) is 25.1 Å². The molecule has 1 unspecified atom stereocenters. The fraction of sp³-hybridized carbons (Fsp3) is 0.444. The predicted molar refractivity (Wildman–Crippen MR) is 154 cm³/mol. The van der Waals surface area contributed by atoms with Gasteiger partial charge in [-0.1, -0.05) is 36.5 Å². The van der Waals surface area contributed by atoms with E-state index >= 15 is 0 Å². The van der Waals surface area contributed by atoms with Crippen LogP contribution < -0.4 is 15.5 Å². The molecule has 39 heavy (non-hydrogen) atoms. The number of nitrogens with two attached hydrogens (primary N) is 1. The molecular weight excluding hydrogens is 538 g/mol. The molecule has 0 saturated carbocycles. The zero-order valence-corrected chi connectivity index (χ0v) is 23.7. The highest BCUT2D eigenvalue weighted by Gasteiger charge is 2.24. The van der Waals surface area contributed by atoms with Crippen LogP contribution in [0.4, 0.5) is 16.6 Å². The van der Waals surface area contributed by atoms with E-state index in [0.29, 0.717) is 39.7 Å². The minimum Gasteiger partial charge on any atom is -0.481 e. The highest BCUT2D eigenvalue weighted by molar-refractivity contribution is 7.17. The van der Waals surface area contributed by atoms with Crippen molar-refractivity contribution in [3.8, 4) is 0 Å². The van der Waals surface area contributed by atoms with Crippen molar-refractivity contribution in [1.82, 2.24) is 19.9 Å². The fourth-order valence-electron chi connectivity index (χ4n) is 4.68. The Hall–Kier alpha value is -3.12. The summed E-state index contributed by atoms with van der Waals surface area (Å²) in [5, 5.41) is 12.8. The minimum absolute atomic E-state index is 0.267. The van der Waals surface area contributed by atoms with Gasteiger partial charge in [-0.25, -0.2) is 19.4 Å². The lowest BCUT2D eigenvalue weighted by Crippen LogP contribution is -2.34. The summed E-state index contributed by atoms with van der Waals surface area (Å²) in [5.74, 6) is 0.206. The highest BCUT2D eigenvalue weighted by atomic mass is 35.5. The second-order valence-electron chi connectivity index (χ2n) is 9.80. The normalized spacial score (nSPS) is 15.2. The molecule has 1 aromatic carbocycles. The van der Waals surface area contributed by atoms with Gasteiger partial charge in [0.1, 0.15) is 16.5 Å². The van der Waals surface area contributed by atoms with Gasteiger partial charge in [0.15, 0.2) is 5.13 Å². The van der Waals surface area contributed by atoms with Gasteiger partial charge >= 0.3 is 5.97 Å². The van der Waals surface area contributed by atoms with Crippen molar-refractivity contribution >= 4 is 51.6 Å². The van der Waals surface area contributed by atoms with Crippen molar-refractivity contribution in [3.63, 3.8) is 0 Å². The summed E-state index contributed by atoms with van der Waals surface area (Å²) in [6.45, 7) is 6.73. The average molecular weight is 572 g/mol. The van der Waals surface area contributed by atoms with E-state index in [1.165, 1.54) is 17.5 Å². The highest BCUT2D eigenvalue weighted by Crippen LogP contribution is 2.31. The number of benzene rings is 1. The molecule has 3 aromatic rings. The number of carboxylic acid groups (broad SMARTS) is 1. The topological polar surface area (TPSA) is 138 Å². The van der Waals surface area contributed by atoms with Gasteiger partial charge in [-0.3, -0.25) is 9.59 Å². The van der Waals surface area contributed by atoms with Gasteiger partial charge < -0.3 is 21.1 Å². The SMILES string of the molecule is Cc1nc(Nc2ncc(C(=O)N(Cl)c3ccccc3CN)s2)cc(C2CCN(CCCC(C)C(=O)O)CC2)n1. The third kappa shape index (κ3) is 7.51. The molecular formula is C27H34ClN7O3S. The second kappa shape index (κ2) is 13.3. The van der Waals surface area contributed by atoms with Crippen LogP contribution in [0, 0.1) is 12.8 Å². The number of likely N-dealkylation sites (tertiary alicyclic amines) is 1. The Bertz CT molecular complexity index is 1300. The first-order valence-electron chi connectivity index (χ1n) is 13.1. The Balaban J connectivity index is 1.35. The molecule has 0 radical (unpaired) electrons. The van der Waals surface area contributed by atoms with Gasteiger partial charge in [0, 0.05) is 36.0 Å². The molecule has 12 heteroatoms. The van der Waals surface area contributed by atoms with Crippen LogP contribution in [0.15, 0.2) is 36.5 Å². The number of carboxylic acids is 1. The zero-order chi connectivity index (χ0) is 27.9. The zero-order valence-electron chi connectivity index (χ0n) is 22.1. The third-order valence-electron chi connectivity index (χ3n) is 6.95. The lowest BCUT2D eigenvalue weighted by Gasteiger charge is -2.32. The smallest absolute Gasteiger partial charge is 0.306 e. The van der Waals surface area contributed by atoms with Crippen molar-refractivity contribution in [2.24, 2.45) is 11.7 Å². The number of thiazole rings is 1. The summed E-state index contributed by atoms with van der Waals surface area (Å²) in [6.07, 6.45) is 5.05. The number of nitrogens with one attached hydrogen (secondary N) is 1. The van der Waals surface area contributed by atoms with E-state index in [-0.39, 0.29) is 18.4 Å². The molecule has 1 amide bonds. The molecule has 1 saturated heterocycles. The van der Waals surface area contributed by atoms with Crippen molar-refractivity contribution in [3.05, 3.63) is 58.5 Å². The molecule has 4 rings (SSSR count). The maximum absolute atomic E-state index is 13.0. The molecule has 1 atom stereocenters. The number of carbonyl (C=O) groups excluding carboxylic acids is 1. The number of hydrogen-bond donors (Lipinski definition) is 3. The number of anilines is 3. The number of carbonyl (C=O) groups is 2. The molecule has 0 aliphatic carbocycles. The molecule has 2 aromatic heterocycles. The maximum Gasteiger partial charge on any atom is 0.306 e. The van der Waals surface area contributed by atoms with E-state index in [0.717, 1.165) is 54.6 Å². The number of piperidine rings is 1. The largest absolute Gasteiger partial charge is 0.481 e. The summed E-state index contributed by atoms with van der Waals surface area (Å²) in [5.41, 5.74) is 8.10. The van der Waals surface area contributed by atoms with Crippen molar-refractivity contribution in [2.45, 2.75) is 52.0 Å². The molecule has 0 spiro atoms. The van der Waals surface area contributed by atoms with Crippen LogP contribution in [0.1, 0.15) is 65.3 Å². The van der Waals surface area contributed by atoms with E-state index in [4.69, 9.17) is 27.6 Å². The van der Waals surface area contributed by atoms with Crippen LogP contribution in [0.5, 0.6) is 0 Å². The van der Waals surface area contributed by atoms with Gasteiger partial charge in [-0.2, -0.15) is 0 Å². The number of halogens is 1.